The number of nitrogens with two attached hydrogens (primary N) is 1. The zero-order valence-electron chi connectivity index (χ0n) is 10.2. The van der Waals surface area contributed by atoms with Gasteiger partial charge in [0, 0.05) is 20.1 Å². The Bertz CT molecular complexity index is 374. The highest BCUT2D eigenvalue weighted by molar-refractivity contribution is 9.10. The minimum atomic E-state index is -0.223. The molecule has 0 saturated carbocycles. The first-order chi connectivity index (χ1) is 8.11. The first-order valence-electron chi connectivity index (χ1n) is 5.48. The van der Waals surface area contributed by atoms with Gasteiger partial charge in [0.15, 0.2) is 5.82 Å². The molecule has 0 heterocycles. The molecule has 17 heavy (non-hydrogen) atoms. The van der Waals surface area contributed by atoms with Gasteiger partial charge in [-0.2, -0.15) is 11.8 Å². The van der Waals surface area contributed by atoms with Crippen molar-refractivity contribution in [2.24, 2.45) is 5.73 Å². The van der Waals surface area contributed by atoms with Crippen LogP contribution in [0, 0.1) is 5.82 Å². The predicted molar refractivity (Wildman–Crippen MR) is 78.3 cm³/mol. The van der Waals surface area contributed by atoms with Gasteiger partial charge in [-0.3, -0.25) is 0 Å². The van der Waals surface area contributed by atoms with Crippen LogP contribution in [0.2, 0.25) is 0 Å². The molecule has 1 aromatic rings. The van der Waals surface area contributed by atoms with Crippen LogP contribution in [0.15, 0.2) is 16.6 Å². The molecular formula is C12H18BrFN2S. The highest BCUT2D eigenvalue weighted by Crippen LogP contribution is 2.28. The highest BCUT2D eigenvalue weighted by atomic mass is 79.9. The summed E-state index contributed by atoms with van der Waals surface area (Å²) in [6.07, 6.45) is 3.13. The van der Waals surface area contributed by atoms with Crippen molar-refractivity contribution >= 4 is 33.4 Å². The minimum Gasteiger partial charge on any atom is -0.372 e. The lowest BCUT2D eigenvalue weighted by molar-refractivity contribution is 0.612. The van der Waals surface area contributed by atoms with E-state index in [4.69, 9.17) is 5.73 Å². The van der Waals surface area contributed by atoms with E-state index in [1.54, 1.807) is 17.8 Å². The lowest BCUT2D eigenvalue weighted by Gasteiger charge is -2.21. The number of anilines is 1. The van der Waals surface area contributed by atoms with Crippen LogP contribution >= 0.6 is 27.7 Å². The van der Waals surface area contributed by atoms with E-state index in [0.29, 0.717) is 16.7 Å². The molecular weight excluding hydrogens is 303 g/mol. The molecule has 0 aliphatic heterocycles. The summed E-state index contributed by atoms with van der Waals surface area (Å²) >= 11 is 5.06. The number of thioether (sulfide) groups is 1. The van der Waals surface area contributed by atoms with Crippen LogP contribution in [-0.4, -0.2) is 25.6 Å². The van der Waals surface area contributed by atoms with Gasteiger partial charge in [-0.25, -0.2) is 4.39 Å². The van der Waals surface area contributed by atoms with E-state index in [2.05, 4.69) is 22.2 Å². The Balaban J connectivity index is 2.80. The van der Waals surface area contributed by atoms with Gasteiger partial charge < -0.3 is 10.6 Å². The number of halogens is 2. The Morgan fingerprint density at radius 3 is 2.76 bits per heavy atom. The molecule has 5 heteroatoms. The molecule has 1 rings (SSSR count). The Morgan fingerprint density at radius 1 is 1.47 bits per heavy atom. The summed E-state index contributed by atoms with van der Waals surface area (Å²) in [7, 11) is 1.91. The molecule has 0 spiro atoms. The standard InChI is InChI=1S/C12H18BrFN2S/c1-16(6-3-7-17-2)10-5-4-9(8-15)11(13)12(10)14/h4-5H,3,6-8,15H2,1-2H3. The first kappa shape index (κ1) is 14.8. The Morgan fingerprint density at radius 2 is 2.18 bits per heavy atom. The zero-order chi connectivity index (χ0) is 12.8. The van der Waals surface area contributed by atoms with Crippen LogP contribution in [-0.2, 0) is 6.54 Å². The van der Waals surface area contributed by atoms with Crippen LogP contribution in [0.1, 0.15) is 12.0 Å². The summed E-state index contributed by atoms with van der Waals surface area (Å²) in [5.74, 6) is 0.869. The third kappa shape index (κ3) is 3.86. The monoisotopic (exact) mass is 320 g/mol. The second-order valence-electron chi connectivity index (χ2n) is 3.84. The highest BCUT2D eigenvalue weighted by Gasteiger charge is 2.13. The second-order valence-corrected chi connectivity index (χ2v) is 5.62. The number of benzene rings is 1. The van der Waals surface area contributed by atoms with Gasteiger partial charge in [0.05, 0.1) is 10.2 Å². The van der Waals surface area contributed by atoms with Crippen LogP contribution in [0.25, 0.3) is 0 Å². The van der Waals surface area contributed by atoms with E-state index >= 15 is 0 Å². The molecule has 0 bridgehead atoms. The molecule has 0 aliphatic rings. The van der Waals surface area contributed by atoms with Gasteiger partial charge in [0.2, 0.25) is 0 Å². The Labute approximate surface area is 115 Å². The van der Waals surface area contributed by atoms with E-state index in [1.165, 1.54) is 0 Å². The second kappa shape index (κ2) is 7.24. The molecule has 0 amide bonds. The molecule has 0 aliphatic carbocycles. The van der Waals surface area contributed by atoms with Crippen LogP contribution in [0.3, 0.4) is 0 Å². The van der Waals surface area contributed by atoms with E-state index in [9.17, 15) is 4.39 Å². The maximum Gasteiger partial charge on any atom is 0.160 e. The van der Waals surface area contributed by atoms with Crippen molar-refractivity contribution in [2.45, 2.75) is 13.0 Å². The largest absolute Gasteiger partial charge is 0.372 e. The Hall–Kier alpha value is -0.260. The van der Waals surface area contributed by atoms with Gasteiger partial charge in [0.25, 0.3) is 0 Å². The average Bonchev–Trinajstić information content (AvgIpc) is 2.32. The van der Waals surface area contributed by atoms with E-state index in [-0.39, 0.29) is 5.82 Å². The Kier molecular flexibility index (Phi) is 6.30. The minimum absolute atomic E-state index is 0.223. The van der Waals surface area contributed by atoms with E-state index < -0.39 is 0 Å². The zero-order valence-corrected chi connectivity index (χ0v) is 12.6. The van der Waals surface area contributed by atoms with Gasteiger partial charge >= 0.3 is 0 Å². The number of rotatable bonds is 6. The van der Waals surface area contributed by atoms with Crippen LogP contribution in [0.5, 0.6) is 0 Å². The van der Waals surface area contributed by atoms with Crippen molar-refractivity contribution in [1.82, 2.24) is 0 Å². The van der Waals surface area contributed by atoms with Crippen LogP contribution < -0.4 is 10.6 Å². The molecule has 0 atom stereocenters. The summed E-state index contributed by atoms with van der Waals surface area (Å²) in [6, 6.07) is 3.66. The fraction of sp³-hybridized carbons (Fsp3) is 0.500. The van der Waals surface area contributed by atoms with Crippen molar-refractivity contribution in [1.29, 1.82) is 0 Å². The molecule has 2 N–H and O–H groups in total. The van der Waals surface area contributed by atoms with Crippen molar-refractivity contribution in [3.8, 4) is 0 Å². The van der Waals surface area contributed by atoms with Crippen molar-refractivity contribution in [3.63, 3.8) is 0 Å². The third-order valence-corrected chi connectivity index (χ3v) is 4.17. The van der Waals surface area contributed by atoms with Gasteiger partial charge in [-0.1, -0.05) is 6.07 Å². The van der Waals surface area contributed by atoms with Gasteiger partial charge in [-0.15, -0.1) is 0 Å². The van der Waals surface area contributed by atoms with Gasteiger partial charge in [0.1, 0.15) is 0 Å². The van der Waals surface area contributed by atoms with Crippen molar-refractivity contribution in [2.75, 3.05) is 30.5 Å². The molecule has 0 unspecified atom stereocenters. The summed E-state index contributed by atoms with van der Waals surface area (Å²) < 4.78 is 14.5. The summed E-state index contributed by atoms with van der Waals surface area (Å²) in [6.45, 7) is 1.19. The normalized spacial score (nSPS) is 10.6. The topological polar surface area (TPSA) is 29.3 Å². The van der Waals surface area contributed by atoms with Crippen LogP contribution in [0.4, 0.5) is 10.1 Å². The lowest BCUT2D eigenvalue weighted by Crippen LogP contribution is -2.20. The third-order valence-electron chi connectivity index (χ3n) is 2.62. The maximum atomic E-state index is 14.1. The van der Waals surface area contributed by atoms with Crippen molar-refractivity contribution < 1.29 is 4.39 Å². The number of hydrogen-bond acceptors (Lipinski definition) is 3. The van der Waals surface area contributed by atoms with Crippen molar-refractivity contribution in [3.05, 3.63) is 28.0 Å². The quantitative estimate of drug-likeness (QED) is 0.816. The fourth-order valence-corrected chi connectivity index (χ4v) is 2.51. The van der Waals surface area contributed by atoms with E-state index in [1.807, 2.05) is 18.0 Å². The molecule has 96 valence electrons. The molecule has 0 aromatic heterocycles. The maximum absolute atomic E-state index is 14.1. The smallest absolute Gasteiger partial charge is 0.160 e. The summed E-state index contributed by atoms with van der Waals surface area (Å²) in [5.41, 5.74) is 6.95. The lowest BCUT2D eigenvalue weighted by atomic mass is 10.2. The molecule has 0 saturated heterocycles. The SMILES string of the molecule is CSCCCN(C)c1ccc(CN)c(Br)c1F. The molecule has 0 radical (unpaired) electrons. The average molecular weight is 321 g/mol. The molecule has 2 nitrogen and oxygen atoms in total. The van der Waals surface area contributed by atoms with E-state index in [0.717, 1.165) is 24.3 Å². The first-order valence-corrected chi connectivity index (χ1v) is 7.67. The fourth-order valence-electron chi connectivity index (χ4n) is 1.60. The molecule has 0 fully saturated rings. The predicted octanol–water partition coefficient (Wildman–Crippen LogP) is 3.24. The summed E-state index contributed by atoms with van der Waals surface area (Å²) in [5, 5.41) is 0. The summed E-state index contributed by atoms with van der Waals surface area (Å²) in [4.78, 5) is 1.94. The number of hydrogen-bond donors (Lipinski definition) is 1. The van der Waals surface area contributed by atoms with Gasteiger partial charge in [-0.05, 0) is 46.0 Å². The number of nitrogens with zero attached hydrogens (tertiary/aromatic N) is 1. The molecule has 1 aromatic carbocycles.